The highest BCUT2D eigenvalue weighted by molar-refractivity contribution is 6.33. The summed E-state index contributed by atoms with van der Waals surface area (Å²) in [4.78, 5) is 10.5. The van der Waals surface area contributed by atoms with Gasteiger partial charge < -0.3 is 10.6 Å². The van der Waals surface area contributed by atoms with Crippen LogP contribution in [0.3, 0.4) is 0 Å². The largest absolute Gasteiger partial charge is 0.375 e. The fourth-order valence-corrected chi connectivity index (χ4v) is 2.20. The summed E-state index contributed by atoms with van der Waals surface area (Å²) >= 11 is 6.01. The van der Waals surface area contributed by atoms with E-state index in [0.717, 1.165) is 25.9 Å². The number of anilines is 1. The van der Waals surface area contributed by atoms with Gasteiger partial charge in [-0.25, -0.2) is 0 Å². The predicted molar refractivity (Wildman–Crippen MR) is 67.6 cm³/mol. The molecular formula is C11H14ClN3O2. The van der Waals surface area contributed by atoms with Gasteiger partial charge in [0.05, 0.1) is 9.95 Å². The molecule has 0 amide bonds. The van der Waals surface area contributed by atoms with Gasteiger partial charge in [0, 0.05) is 12.1 Å². The van der Waals surface area contributed by atoms with Crippen LogP contribution in [0.15, 0.2) is 18.2 Å². The first kappa shape index (κ1) is 12.1. The van der Waals surface area contributed by atoms with Crippen LogP contribution >= 0.6 is 11.6 Å². The van der Waals surface area contributed by atoms with Gasteiger partial charge in [0.2, 0.25) is 0 Å². The lowest BCUT2D eigenvalue weighted by Gasteiger charge is -2.24. The molecule has 1 aliphatic rings. The second kappa shape index (κ2) is 5.33. The molecule has 0 atom stereocenters. The summed E-state index contributed by atoms with van der Waals surface area (Å²) in [5.41, 5.74) is 0.474. The topological polar surface area (TPSA) is 67.2 Å². The Balaban J connectivity index is 2.21. The Hall–Kier alpha value is -1.33. The predicted octanol–water partition coefficient (Wildman–Crippen LogP) is 2.41. The second-order valence-electron chi connectivity index (χ2n) is 4.06. The van der Waals surface area contributed by atoms with Crippen LogP contribution in [0.25, 0.3) is 0 Å². The van der Waals surface area contributed by atoms with Crippen molar-refractivity contribution in [2.75, 3.05) is 18.4 Å². The lowest BCUT2D eigenvalue weighted by molar-refractivity contribution is -0.384. The van der Waals surface area contributed by atoms with E-state index in [9.17, 15) is 10.1 Å². The Labute approximate surface area is 104 Å². The van der Waals surface area contributed by atoms with Crippen molar-refractivity contribution in [3.8, 4) is 0 Å². The fourth-order valence-electron chi connectivity index (χ4n) is 1.98. The van der Waals surface area contributed by atoms with E-state index >= 15 is 0 Å². The summed E-state index contributed by atoms with van der Waals surface area (Å²) in [5.74, 6) is 0. The van der Waals surface area contributed by atoms with E-state index in [1.54, 1.807) is 12.1 Å². The molecule has 17 heavy (non-hydrogen) atoms. The quantitative estimate of drug-likeness (QED) is 0.643. The monoisotopic (exact) mass is 255 g/mol. The lowest BCUT2D eigenvalue weighted by Crippen LogP contribution is -2.35. The van der Waals surface area contributed by atoms with Crippen LogP contribution in [0.4, 0.5) is 11.4 Å². The number of halogens is 1. The molecule has 6 heteroatoms. The number of benzene rings is 1. The number of nitrogens with zero attached hydrogens (tertiary/aromatic N) is 1. The van der Waals surface area contributed by atoms with Crippen molar-refractivity contribution in [2.45, 2.75) is 18.9 Å². The van der Waals surface area contributed by atoms with Gasteiger partial charge in [0.25, 0.3) is 5.69 Å². The first-order chi connectivity index (χ1) is 8.18. The van der Waals surface area contributed by atoms with Gasteiger partial charge >= 0.3 is 0 Å². The van der Waals surface area contributed by atoms with Gasteiger partial charge in [0.1, 0.15) is 5.69 Å². The number of rotatable bonds is 3. The Morgan fingerprint density at radius 2 is 2.12 bits per heavy atom. The maximum atomic E-state index is 10.9. The number of nitrogens with one attached hydrogen (secondary N) is 2. The molecule has 0 aliphatic carbocycles. The van der Waals surface area contributed by atoms with Crippen molar-refractivity contribution in [3.05, 3.63) is 33.3 Å². The van der Waals surface area contributed by atoms with Gasteiger partial charge in [0.15, 0.2) is 0 Å². The van der Waals surface area contributed by atoms with Gasteiger partial charge in [-0.05, 0) is 32.0 Å². The van der Waals surface area contributed by atoms with Gasteiger partial charge in [-0.1, -0.05) is 17.7 Å². The van der Waals surface area contributed by atoms with E-state index in [1.807, 2.05) is 0 Å². The summed E-state index contributed by atoms with van der Waals surface area (Å²) in [6.45, 7) is 1.85. The molecule has 1 aromatic rings. The van der Waals surface area contributed by atoms with Crippen LogP contribution in [-0.4, -0.2) is 24.1 Å². The van der Waals surface area contributed by atoms with Crippen LogP contribution in [0.5, 0.6) is 0 Å². The lowest BCUT2D eigenvalue weighted by atomic mass is 10.1. The van der Waals surface area contributed by atoms with Crippen LogP contribution in [-0.2, 0) is 0 Å². The van der Waals surface area contributed by atoms with E-state index in [1.165, 1.54) is 6.07 Å². The number of hydrogen-bond acceptors (Lipinski definition) is 4. The standard InChI is InChI=1S/C11H14ClN3O2/c12-9-2-1-3-10(15(16)17)11(9)14-8-4-6-13-7-5-8/h1-3,8,13-14H,4-7H2. The molecule has 0 unspecified atom stereocenters. The molecule has 1 saturated heterocycles. The van der Waals surface area contributed by atoms with E-state index in [2.05, 4.69) is 10.6 Å². The number of nitro groups is 1. The molecule has 1 aromatic carbocycles. The molecule has 5 nitrogen and oxygen atoms in total. The first-order valence-corrected chi connectivity index (χ1v) is 5.96. The van der Waals surface area contributed by atoms with Crippen LogP contribution < -0.4 is 10.6 Å². The molecule has 2 N–H and O–H groups in total. The molecule has 92 valence electrons. The Morgan fingerprint density at radius 1 is 1.41 bits per heavy atom. The molecule has 1 heterocycles. The summed E-state index contributed by atoms with van der Waals surface area (Å²) in [7, 11) is 0. The minimum absolute atomic E-state index is 0.0380. The highest BCUT2D eigenvalue weighted by Crippen LogP contribution is 2.33. The van der Waals surface area contributed by atoms with E-state index in [-0.39, 0.29) is 11.7 Å². The normalized spacial score (nSPS) is 16.8. The van der Waals surface area contributed by atoms with Crippen molar-refractivity contribution >= 4 is 23.0 Å². The maximum Gasteiger partial charge on any atom is 0.293 e. The van der Waals surface area contributed by atoms with E-state index < -0.39 is 4.92 Å². The zero-order valence-corrected chi connectivity index (χ0v) is 10.0. The average Bonchev–Trinajstić information content (AvgIpc) is 2.33. The minimum Gasteiger partial charge on any atom is -0.375 e. The summed E-state index contributed by atoms with van der Waals surface area (Å²) < 4.78 is 0. The van der Waals surface area contributed by atoms with Crippen molar-refractivity contribution in [1.29, 1.82) is 0 Å². The Bertz CT molecular complexity index is 419. The third kappa shape index (κ3) is 2.87. The Morgan fingerprint density at radius 3 is 2.76 bits per heavy atom. The van der Waals surface area contributed by atoms with Crippen LogP contribution in [0, 0.1) is 10.1 Å². The third-order valence-corrected chi connectivity index (χ3v) is 3.19. The highest BCUT2D eigenvalue weighted by atomic mass is 35.5. The smallest absolute Gasteiger partial charge is 0.293 e. The number of hydrogen-bond donors (Lipinski definition) is 2. The highest BCUT2D eigenvalue weighted by Gasteiger charge is 2.20. The van der Waals surface area contributed by atoms with Crippen molar-refractivity contribution in [1.82, 2.24) is 5.32 Å². The summed E-state index contributed by atoms with van der Waals surface area (Å²) in [5, 5.41) is 17.7. The van der Waals surface area contributed by atoms with Crippen molar-refractivity contribution < 1.29 is 4.92 Å². The molecule has 0 saturated carbocycles. The summed E-state index contributed by atoms with van der Waals surface area (Å²) in [6.07, 6.45) is 1.89. The average molecular weight is 256 g/mol. The molecule has 1 fully saturated rings. The second-order valence-corrected chi connectivity index (χ2v) is 4.47. The minimum atomic E-state index is -0.407. The molecule has 0 bridgehead atoms. The number of nitro benzene ring substituents is 1. The van der Waals surface area contributed by atoms with E-state index in [4.69, 9.17) is 11.6 Å². The van der Waals surface area contributed by atoms with Crippen LogP contribution in [0.2, 0.25) is 5.02 Å². The zero-order chi connectivity index (χ0) is 12.3. The maximum absolute atomic E-state index is 10.9. The molecule has 0 radical (unpaired) electrons. The molecule has 2 rings (SSSR count). The van der Waals surface area contributed by atoms with Crippen molar-refractivity contribution in [3.63, 3.8) is 0 Å². The molecule has 1 aliphatic heterocycles. The molecular weight excluding hydrogens is 242 g/mol. The van der Waals surface area contributed by atoms with Gasteiger partial charge in [-0.2, -0.15) is 0 Å². The summed E-state index contributed by atoms with van der Waals surface area (Å²) in [6, 6.07) is 4.97. The SMILES string of the molecule is O=[N+]([O-])c1cccc(Cl)c1NC1CCNCC1. The zero-order valence-electron chi connectivity index (χ0n) is 9.28. The van der Waals surface area contributed by atoms with Crippen LogP contribution in [0.1, 0.15) is 12.8 Å². The van der Waals surface area contributed by atoms with Gasteiger partial charge in [-0.3, -0.25) is 10.1 Å². The van der Waals surface area contributed by atoms with Gasteiger partial charge in [-0.15, -0.1) is 0 Å². The van der Waals surface area contributed by atoms with E-state index in [0.29, 0.717) is 10.7 Å². The molecule has 0 aromatic heterocycles. The first-order valence-electron chi connectivity index (χ1n) is 5.58. The number of piperidine rings is 1. The third-order valence-electron chi connectivity index (χ3n) is 2.88. The van der Waals surface area contributed by atoms with Crippen molar-refractivity contribution in [2.24, 2.45) is 0 Å². The Kier molecular flexibility index (Phi) is 3.81. The molecule has 0 spiro atoms. The number of para-hydroxylation sites is 1. The fraction of sp³-hybridized carbons (Fsp3) is 0.455.